The molecule has 3 saturated heterocycles. The van der Waals surface area contributed by atoms with Gasteiger partial charge in [-0.3, -0.25) is 9.59 Å². The van der Waals surface area contributed by atoms with Crippen LogP contribution in [0.15, 0.2) is 0 Å². The lowest BCUT2D eigenvalue weighted by Gasteiger charge is -2.42. The van der Waals surface area contributed by atoms with Crippen LogP contribution in [-0.2, 0) is 14.3 Å². The maximum atomic E-state index is 13.2. The summed E-state index contributed by atoms with van der Waals surface area (Å²) < 4.78 is 5.86. The van der Waals surface area contributed by atoms with E-state index in [0.717, 1.165) is 45.2 Å². The fraction of sp³-hybridized carbons (Fsp3) is 0.842. The lowest BCUT2D eigenvalue weighted by molar-refractivity contribution is -0.150. The first-order valence-electron chi connectivity index (χ1n) is 9.76. The molecule has 1 aliphatic carbocycles. The van der Waals surface area contributed by atoms with Crippen molar-refractivity contribution in [1.29, 1.82) is 5.26 Å². The summed E-state index contributed by atoms with van der Waals surface area (Å²) in [5.41, 5.74) is -0.868. The van der Waals surface area contributed by atoms with E-state index in [-0.39, 0.29) is 29.8 Å². The molecule has 25 heavy (non-hydrogen) atoms. The molecule has 3 atom stereocenters. The van der Waals surface area contributed by atoms with Crippen molar-refractivity contribution < 1.29 is 14.3 Å². The van der Waals surface area contributed by atoms with Crippen LogP contribution in [0.5, 0.6) is 0 Å². The first-order chi connectivity index (χ1) is 12.1. The number of fused-ring (bicyclic) bond motifs is 1. The normalized spacial score (nSPS) is 34.0. The lowest BCUT2D eigenvalue weighted by Crippen LogP contribution is -2.57. The molecule has 4 aliphatic rings. The summed E-state index contributed by atoms with van der Waals surface area (Å²) in [5.74, 6) is 0.174. The highest BCUT2D eigenvalue weighted by atomic mass is 16.5. The van der Waals surface area contributed by atoms with E-state index in [2.05, 4.69) is 6.07 Å². The molecule has 0 bridgehead atoms. The molecular weight excluding hydrogens is 318 g/mol. The zero-order chi connectivity index (χ0) is 17.4. The maximum absolute atomic E-state index is 13.2. The molecular formula is C19H27N3O3. The molecule has 0 aromatic rings. The quantitative estimate of drug-likeness (QED) is 0.761. The van der Waals surface area contributed by atoms with Crippen LogP contribution in [0.4, 0.5) is 0 Å². The summed E-state index contributed by atoms with van der Waals surface area (Å²) >= 11 is 0. The van der Waals surface area contributed by atoms with Crippen molar-refractivity contribution in [2.75, 3.05) is 32.8 Å². The Morgan fingerprint density at radius 3 is 2.44 bits per heavy atom. The van der Waals surface area contributed by atoms with E-state index in [4.69, 9.17) is 4.74 Å². The molecule has 4 rings (SSSR count). The Kier molecular flexibility index (Phi) is 4.45. The van der Waals surface area contributed by atoms with Gasteiger partial charge in [-0.05, 0) is 32.1 Å². The summed E-state index contributed by atoms with van der Waals surface area (Å²) in [6.07, 6.45) is 6.17. The molecule has 136 valence electrons. The topological polar surface area (TPSA) is 73.6 Å². The van der Waals surface area contributed by atoms with Crippen molar-refractivity contribution in [2.24, 2.45) is 17.3 Å². The number of ether oxygens (including phenoxy) is 1. The monoisotopic (exact) mass is 345 g/mol. The molecule has 3 aliphatic heterocycles. The van der Waals surface area contributed by atoms with E-state index in [1.807, 2.05) is 4.90 Å². The van der Waals surface area contributed by atoms with Gasteiger partial charge in [-0.2, -0.15) is 5.26 Å². The summed E-state index contributed by atoms with van der Waals surface area (Å²) in [6, 6.07) is 2.31. The number of amides is 2. The zero-order valence-electron chi connectivity index (χ0n) is 14.8. The predicted octanol–water partition coefficient (Wildman–Crippen LogP) is 1.56. The van der Waals surface area contributed by atoms with Gasteiger partial charge in [0.15, 0.2) is 0 Å². The number of carbonyl (C=O) groups is 2. The number of likely N-dealkylation sites (tertiary alicyclic amines) is 2. The molecule has 1 saturated carbocycles. The summed E-state index contributed by atoms with van der Waals surface area (Å²) in [7, 11) is 0. The molecule has 4 fully saturated rings. The van der Waals surface area contributed by atoms with Crippen molar-refractivity contribution in [3.63, 3.8) is 0 Å². The van der Waals surface area contributed by atoms with E-state index in [1.54, 1.807) is 4.90 Å². The number of hydrogen-bond acceptors (Lipinski definition) is 4. The van der Waals surface area contributed by atoms with Gasteiger partial charge in [0.25, 0.3) is 0 Å². The van der Waals surface area contributed by atoms with Gasteiger partial charge in [0.1, 0.15) is 5.41 Å². The van der Waals surface area contributed by atoms with E-state index < -0.39 is 5.41 Å². The van der Waals surface area contributed by atoms with Gasteiger partial charge in [0.2, 0.25) is 11.8 Å². The van der Waals surface area contributed by atoms with Crippen LogP contribution in [0.3, 0.4) is 0 Å². The Bertz CT molecular complexity index is 587. The van der Waals surface area contributed by atoms with Crippen LogP contribution in [0.1, 0.15) is 44.9 Å². The van der Waals surface area contributed by atoms with E-state index in [0.29, 0.717) is 32.5 Å². The fourth-order valence-electron chi connectivity index (χ4n) is 5.23. The molecule has 0 N–H and O–H groups in total. The molecule has 0 spiro atoms. The largest absolute Gasteiger partial charge is 0.376 e. The molecule has 0 radical (unpaired) electrons. The predicted molar refractivity (Wildman–Crippen MR) is 90.2 cm³/mol. The van der Waals surface area contributed by atoms with Crippen LogP contribution in [0, 0.1) is 28.6 Å². The summed E-state index contributed by atoms with van der Waals surface area (Å²) in [6.45, 7) is 3.34. The second-order valence-electron chi connectivity index (χ2n) is 8.11. The molecule has 0 unspecified atom stereocenters. The first kappa shape index (κ1) is 16.8. The van der Waals surface area contributed by atoms with E-state index in [1.165, 1.54) is 0 Å². The fourth-order valence-corrected chi connectivity index (χ4v) is 5.23. The summed E-state index contributed by atoms with van der Waals surface area (Å²) in [5, 5.41) is 9.65. The number of hydrogen-bond donors (Lipinski definition) is 0. The average Bonchev–Trinajstić information content (AvgIpc) is 3.40. The number of piperidine rings is 1. The van der Waals surface area contributed by atoms with Crippen molar-refractivity contribution in [3.8, 4) is 6.07 Å². The van der Waals surface area contributed by atoms with E-state index in [9.17, 15) is 14.9 Å². The zero-order valence-corrected chi connectivity index (χ0v) is 14.8. The molecule has 6 nitrogen and oxygen atoms in total. The Hall–Kier alpha value is -1.61. The standard InChI is InChI=1S/C19H27N3O3/c20-13-19(6-1-2-7-19)18(24)22-11-15(14-5-10-25-16(14)12-22)17(23)21-8-3-4-9-21/h14-16H,1-12H2/t14-,15+,16+/m0/s1. The van der Waals surface area contributed by atoms with Gasteiger partial charge >= 0.3 is 0 Å². The van der Waals surface area contributed by atoms with Crippen LogP contribution in [0.25, 0.3) is 0 Å². The molecule has 0 aromatic heterocycles. The second kappa shape index (κ2) is 6.60. The Labute approximate surface area is 149 Å². The van der Waals surface area contributed by atoms with Gasteiger partial charge in [-0.25, -0.2) is 0 Å². The van der Waals surface area contributed by atoms with Crippen molar-refractivity contribution in [1.82, 2.24) is 9.80 Å². The molecule has 2 amide bonds. The highest BCUT2D eigenvalue weighted by Crippen LogP contribution is 2.42. The van der Waals surface area contributed by atoms with E-state index >= 15 is 0 Å². The van der Waals surface area contributed by atoms with Gasteiger partial charge < -0.3 is 14.5 Å². The van der Waals surface area contributed by atoms with Crippen LogP contribution in [0.2, 0.25) is 0 Å². The van der Waals surface area contributed by atoms with Gasteiger partial charge in [-0.1, -0.05) is 12.8 Å². The van der Waals surface area contributed by atoms with Crippen LogP contribution >= 0.6 is 0 Å². The van der Waals surface area contributed by atoms with Crippen molar-refractivity contribution >= 4 is 11.8 Å². The third kappa shape index (κ3) is 2.83. The maximum Gasteiger partial charge on any atom is 0.243 e. The lowest BCUT2D eigenvalue weighted by atomic mass is 9.79. The Morgan fingerprint density at radius 1 is 1.04 bits per heavy atom. The van der Waals surface area contributed by atoms with Crippen LogP contribution < -0.4 is 0 Å². The summed E-state index contributed by atoms with van der Waals surface area (Å²) in [4.78, 5) is 29.9. The average molecular weight is 345 g/mol. The number of carbonyl (C=O) groups excluding carboxylic acids is 2. The Morgan fingerprint density at radius 2 is 1.76 bits per heavy atom. The van der Waals surface area contributed by atoms with Crippen molar-refractivity contribution in [3.05, 3.63) is 0 Å². The second-order valence-corrected chi connectivity index (χ2v) is 8.11. The smallest absolute Gasteiger partial charge is 0.243 e. The highest BCUT2D eigenvalue weighted by molar-refractivity contribution is 5.87. The third-order valence-electron chi connectivity index (χ3n) is 6.70. The molecule has 6 heteroatoms. The Balaban J connectivity index is 1.55. The number of rotatable bonds is 2. The van der Waals surface area contributed by atoms with Gasteiger partial charge in [-0.15, -0.1) is 0 Å². The first-order valence-corrected chi connectivity index (χ1v) is 9.76. The highest BCUT2D eigenvalue weighted by Gasteiger charge is 2.51. The van der Waals surface area contributed by atoms with Crippen LogP contribution in [-0.4, -0.2) is 60.5 Å². The minimum absolute atomic E-state index is 0.0496. The SMILES string of the molecule is N#CC1(C(=O)N2C[C@H]3OCC[C@H]3[C@H](C(=O)N3CCCC3)C2)CCCC1. The minimum Gasteiger partial charge on any atom is -0.376 e. The van der Waals surface area contributed by atoms with Gasteiger partial charge in [0.05, 0.1) is 18.1 Å². The third-order valence-corrected chi connectivity index (χ3v) is 6.70. The number of nitriles is 1. The number of nitrogens with zero attached hydrogens (tertiary/aromatic N) is 3. The molecule has 0 aromatic carbocycles. The van der Waals surface area contributed by atoms with Crippen molar-refractivity contribution in [2.45, 2.75) is 51.0 Å². The molecule has 3 heterocycles. The minimum atomic E-state index is -0.868. The van der Waals surface area contributed by atoms with Gasteiger partial charge in [0, 0.05) is 38.7 Å².